The van der Waals surface area contributed by atoms with Crippen LogP contribution in [0.1, 0.15) is 22.8 Å². The number of esters is 1. The number of nitrogens with zero attached hydrogens (tertiary/aromatic N) is 1. The zero-order chi connectivity index (χ0) is 14.6. The number of hydrogen-bond acceptors (Lipinski definition) is 4. The van der Waals surface area contributed by atoms with E-state index in [0.29, 0.717) is 6.20 Å². The maximum absolute atomic E-state index is 13.5. The largest absolute Gasteiger partial charge is 0.573 e. The Morgan fingerprint density at radius 2 is 2.11 bits per heavy atom. The van der Waals surface area contributed by atoms with Gasteiger partial charge in [-0.05, 0) is 6.92 Å². The lowest BCUT2D eigenvalue weighted by Crippen LogP contribution is -2.20. The average molecular weight is 346 g/mol. The van der Waals surface area contributed by atoms with E-state index in [1.807, 2.05) is 0 Å². The van der Waals surface area contributed by atoms with Crippen LogP contribution in [0.2, 0.25) is 0 Å². The number of pyridine rings is 1. The van der Waals surface area contributed by atoms with E-state index < -0.39 is 29.6 Å². The molecule has 1 heterocycles. The molecule has 0 aliphatic rings. The fraction of sp³-hybridized carbons (Fsp3) is 0.400. The molecule has 9 heteroatoms. The third-order valence-corrected chi connectivity index (χ3v) is 2.50. The molecule has 0 amide bonds. The maximum atomic E-state index is 13.5. The smallest absolute Gasteiger partial charge is 0.462 e. The molecular formula is C10H8BrF4NO3. The van der Waals surface area contributed by atoms with Gasteiger partial charge in [0, 0.05) is 10.9 Å². The van der Waals surface area contributed by atoms with Crippen LogP contribution in [0.5, 0.6) is 5.75 Å². The fourth-order valence-electron chi connectivity index (χ4n) is 1.26. The van der Waals surface area contributed by atoms with E-state index in [9.17, 15) is 22.4 Å². The van der Waals surface area contributed by atoms with E-state index in [0.717, 1.165) is 0 Å². The quantitative estimate of drug-likeness (QED) is 0.364. The summed E-state index contributed by atoms with van der Waals surface area (Å²) in [6.07, 6.45) is -4.41. The highest BCUT2D eigenvalue weighted by molar-refractivity contribution is 9.08. The summed E-state index contributed by atoms with van der Waals surface area (Å²) < 4.78 is 58.2. The Balaban J connectivity index is 3.29. The van der Waals surface area contributed by atoms with Gasteiger partial charge in [0.15, 0.2) is 5.75 Å². The van der Waals surface area contributed by atoms with Crippen molar-refractivity contribution in [2.75, 3.05) is 6.61 Å². The molecule has 1 rings (SSSR count). The van der Waals surface area contributed by atoms with E-state index in [1.54, 1.807) is 0 Å². The minimum absolute atomic E-state index is 0.0512. The summed E-state index contributed by atoms with van der Waals surface area (Å²) in [6.45, 7) is 1.43. The van der Waals surface area contributed by atoms with Gasteiger partial charge in [0.05, 0.1) is 12.8 Å². The normalized spacial score (nSPS) is 11.3. The van der Waals surface area contributed by atoms with Crippen LogP contribution in [-0.4, -0.2) is 23.9 Å². The molecule has 0 atom stereocenters. The van der Waals surface area contributed by atoms with Crippen molar-refractivity contribution in [1.82, 2.24) is 4.98 Å². The molecule has 1 aromatic rings. The van der Waals surface area contributed by atoms with Crippen LogP contribution < -0.4 is 4.74 Å². The number of aromatic nitrogens is 1. The second-order valence-electron chi connectivity index (χ2n) is 3.17. The topological polar surface area (TPSA) is 48.4 Å². The van der Waals surface area contributed by atoms with Crippen molar-refractivity contribution >= 4 is 21.9 Å². The maximum Gasteiger partial charge on any atom is 0.573 e. The number of alkyl halides is 4. The second-order valence-corrected chi connectivity index (χ2v) is 3.73. The van der Waals surface area contributed by atoms with Crippen LogP contribution in [0.25, 0.3) is 0 Å². The molecule has 0 aliphatic heterocycles. The van der Waals surface area contributed by atoms with E-state index >= 15 is 0 Å². The molecule has 106 valence electrons. The summed E-state index contributed by atoms with van der Waals surface area (Å²) in [6, 6.07) is 0. The molecule has 0 radical (unpaired) electrons. The van der Waals surface area contributed by atoms with E-state index in [1.165, 1.54) is 6.92 Å². The average Bonchev–Trinajstić information content (AvgIpc) is 2.29. The summed E-state index contributed by atoms with van der Waals surface area (Å²) >= 11 is 2.87. The van der Waals surface area contributed by atoms with Crippen molar-refractivity contribution in [3.8, 4) is 5.75 Å². The van der Waals surface area contributed by atoms with E-state index in [2.05, 4.69) is 30.4 Å². The summed E-state index contributed by atoms with van der Waals surface area (Å²) in [5.41, 5.74) is -0.997. The Labute approximate surface area is 113 Å². The molecule has 19 heavy (non-hydrogen) atoms. The van der Waals surface area contributed by atoms with Crippen molar-refractivity contribution in [3.63, 3.8) is 0 Å². The molecule has 0 saturated heterocycles. The molecule has 0 fully saturated rings. The van der Waals surface area contributed by atoms with Gasteiger partial charge in [-0.3, -0.25) is 0 Å². The Bertz CT molecular complexity index is 479. The van der Waals surface area contributed by atoms with Crippen LogP contribution in [0.4, 0.5) is 17.6 Å². The van der Waals surface area contributed by atoms with Gasteiger partial charge in [-0.1, -0.05) is 15.9 Å². The van der Waals surface area contributed by atoms with Crippen molar-refractivity contribution < 1.29 is 31.8 Å². The number of hydrogen-bond donors (Lipinski definition) is 0. The number of carbonyl (C=O) groups excluding carboxylic acids is 1. The third kappa shape index (κ3) is 4.05. The first kappa shape index (κ1) is 15.7. The first-order valence-corrected chi connectivity index (χ1v) is 6.08. The van der Waals surface area contributed by atoms with Gasteiger partial charge in [-0.25, -0.2) is 9.78 Å². The van der Waals surface area contributed by atoms with Gasteiger partial charge >= 0.3 is 12.3 Å². The molecule has 0 N–H and O–H groups in total. The summed E-state index contributed by atoms with van der Waals surface area (Å²) in [4.78, 5) is 14.6. The monoisotopic (exact) mass is 345 g/mol. The van der Waals surface area contributed by atoms with Crippen molar-refractivity contribution in [1.29, 1.82) is 0 Å². The second kappa shape index (κ2) is 6.18. The van der Waals surface area contributed by atoms with Gasteiger partial charge in [0.2, 0.25) is 5.95 Å². The van der Waals surface area contributed by atoms with Crippen LogP contribution in [0.15, 0.2) is 6.20 Å². The van der Waals surface area contributed by atoms with Gasteiger partial charge in [-0.2, -0.15) is 4.39 Å². The Hall–Kier alpha value is -1.38. The number of ether oxygens (including phenoxy) is 2. The highest BCUT2D eigenvalue weighted by Gasteiger charge is 2.34. The number of carbonyl (C=O) groups is 1. The fourth-order valence-corrected chi connectivity index (χ4v) is 1.82. The SMILES string of the molecule is CCOC(=O)c1c(F)ncc(OC(F)(F)F)c1CBr. The van der Waals surface area contributed by atoms with Crippen molar-refractivity contribution in [3.05, 3.63) is 23.3 Å². The van der Waals surface area contributed by atoms with Crippen LogP contribution in [0.3, 0.4) is 0 Å². The van der Waals surface area contributed by atoms with Crippen molar-refractivity contribution in [2.24, 2.45) is 0 Å². The van der Waals surface area contributed by atoms with E-state index in [4.69, 9.17) is 0 Å². The molecule has 0 spiro atoms. The Morgan fingerprint density at radius 3 is 2.58 bits per heavy atom. The first-order chi connectivity index (χ1) is 8.80. The predicted octanol–water partition coefficient (Wildman–Crippen LogP) is 3.19. The Kier molecular flexibility index (Phi) is 5.10. The predicted molar refractivity (Wildman–Crippen MR) is 59.5 cm³/mol. The molecule has 0 aromatic carbocycles. The lowest BCUT2D eigenvalue weighted by atomic mass is 10.1. The van der Waals surface area contributed by atoms with Crippen molar-refractivity contribution in [2.45, 2.75) is 18.6 Å². The van der Waals surface area contributed by atoms with Gasteiger partial charge in [-0.15, -0.1) is 13.2 Å². The standard InChI is InChI=1S/C10H8BrF4NO3/c1-2-18-9(17)7-5(3-11)6(4-16-8(7)12)19-10(13,14)15/h4H,2-3H2,1H3. The highest BCUT2D eigenvalue weighted by Crippen LogP contribution is 2.30. The Morgan fingerprint density at radius 1 is 1.47 bits per heavy atom. The van der Waals surface area contributed by atoms with Gasteiger partial charge in [0.1, 0.15) is 5.56 Å². The van der Waals surface area contributed by atoms with Crippen LogP contribution in [0, 0.1) is 5.95 Å². The molecule has 0 bridgehead atoms. The zero-order valence-electron chi connectivity index (χ0n) is 9.55. The van der Waals surface area contributed by atoms with Gasteiger partial charge in [0.25, 0.3) is 0 Å². The van der Waals surface area contributed by atoms with Gasteiger partial charge < -0.3 is 9.47 Å². The molecule has 0 unspecified atom stereocenters. The summed E-state index contributed by atoms with van der Waals surface area (Å²) in [5.74, 6) is -3.08. The van der Waals surface area contributed by atoms with Crippen LogP contribution in [-0.2, 0) is 10.1 Å². The summed E-state index contributed by atoms with van der Waals surface area (Å²) in [7, 11) is 0. The third-order valence-electron chi connectivity index (χ3n) is 1.94. The minimum atomic E-state index is -4.97. The molecule has 4 nitrogen and oxygen atoms in total. The minimum Gasteiger partial charge on any atom is -0.462 e. The molecule has 0 saturated carbocycles. The van der Waals surface area contributed by atoms with E-state index in [-0.39, 0.29) is 17.5 Å². The highest BCUT2D eigenvalue weighted by atomic mass is 79.9. The number of rotatable bonds is 4. The summed E-state index contributed by atoms with van der Waals surface area (Å²) in [5, 5.41) is -0.230. The number of halogens is 5. The first-order valence-electron chi connectivity index (χ1n) is 4.96. The van der Waals surface area contributed by atoms with Crippen LogP contribution >= 0.6 is 15.9 Å². The molecule has 0 aliphatic carbocycles. The lowest BCUT2D eigenvalue weighted by Gasteiger charge is -2.14. The lowest BCUT2D eigenvalue weighted by molar-refractivity contribution is -0.275. The zero-order valence-corrected chi connectivity index (χ0v) is 11.1. The molecule has 1 aromatic heterocycles. The molecular weight excluding hydrogens is 338 g/mol.